The van der Waals surface area contributed by atoms with E-state index in [9.17, 15) is 22.0 Å². The Balaban J connectivity index is 1.83. The number of pyridine rings is 1. The first kappa shape index (κ1) is 22.3. The second kappa shape index (κ2) is 8.76. The molecule has 1 aliphatic rings. The number of nitrogens with one attached hydrogen (secondary N) is 1. The van der Waals surface area contributed by atoms with Gasteiger partial charge in [-0.1, -0.05) is 13.8 Å². The predicted molar refractivity (Wildman–Crippen MR) is 110 cm³/mol. The number of aromatic nitrogens is 3. The molecule has 1 saturated heterocycles. The molecule has 3 rings (SSSR count). The van der Waals surface area contributed by atoms with Crippen LogP contribution >= 0.6 is 0 Å². The van der Waals surface area contributed by atoms with Crippen molar-refractivity contribution in [1.82, 2.24) is 18.8 Å². The lowest BCUT2D eigenvalue weighted by Gasteiger charge is -2.30. The Bertz CT molecular complexity index is 1080. The molecule has 30 heavy (non-hydrogen) atoms. The van der Waals surface area contributed by atoms with Gasteiger partial charge in [0.15, 0.2) is 11.6 Å². The molecule has 164 valence electrons. The highest BCUT2D eigenvalue weighted by molar-refractivity contribution is 7.88. The number of sulfonamides is 1. The van der Waals surface area contributed by atoms with Gasteiger partial charge in [-0.05, 0) is 24.8 Å². The first-order valence-corrected chi connectivity index (χ1v) is 11.5. The Hall–Kier alpha value is -2.40. The van der Waals surface area contributed by atoms with Crippen LogP contribution < -0.4 is 10.9 Å². The summed E-state index contributed by atoms with van der Waals surface area (Å²) in [5, 5.41) is 3.09. The maximum atomic E-state index is 14.4. The summed E-state index contributed by atoms with van der Waals surface area (Å²) >= 11 is 0. The van der Waals surface area contributed by atoms with Crippen molar-refractivity contribution < 1.29 is 17.2 Å². The molecule has 8 nitrogen and oxygen atoms in total. The fraction of sp³-hybridized carbons (Fsp3) is 0.526. The van der Waals surface area contributed by atoms with Crippen LogP contribution in [-0.4, -0.2) is 52.6 Å². The molecule has 0 amide bonds. The third kappa shape index (κ3) is 5.20. The van der Waals surface area contributed by atoms with Gasteiger partial charge in [-0.3, -0.25) is 4.79 Å². The molecule has 0 saturated carbocycles. The van der Waals surface area contributed by atoms with Crippen LogP contribution in [0.15, 0.2) is 23.3 Å². The lowest BCUT2D eigenvalue weighted by molar-refractivity contribution is 0.331. The number of piperidine rings is 1. The fourth-order valence-corrected chi connectivity index (χ4v) is 4.29. The van der Waals surface area contributed by atoms with Crippen LogP contribution in [0.4, 0.5) is 14.7 Å². The quantitative estimate of drug-likeness (QED) is 0.737. The Labute approximate surface area is 174 Å². The zero-order valence-electron chi connectivity index (χ0n) is 17.1. The fourth-order valence-electron chi connectivity index (χ4n) is 3.41. The van der Waals surface area contributed by atoms with Crippen LogP contribution in [0.25, 0.3) is 11.3 Å². The summed E-state index contributed by atoms with van der Waals surface area (Å²) in [5.74, 6) is -1.45. The Morgan fingerprint density at radius 3 is 2.50 bits per heavy atom. The third-order valence-corrected chi connectivity index (χ3v) is 6.18. The molecule has 1 aliphatic heterocycles. The Morgan fingerprint density at radius 1 is 1.23 bits per heavy atom. The van der Waals surface area contributed by atoms with Crippen LogP contribution in [-0.2, 0) is 16.6 Å². The largest absolute Gasteiger partial charge is 0.351 e. The number of hydrogen-bond donors (Lipinski definition) is 1. The molecule has 0 radical (unpaired) electrons. The summed E-state index contributed by atoms with van der Waals surface area (Å²) in [4.78, 5) is 20.1. The number of nitrogens with zero attached hydrogens (tertiary/aromatic N) is 4. The monoisotopic (exact) mass is 441 g/mol. The zero-order chi connectivity index (χ0) is 22.1. The van der Waals surface area contributed by atoms with Crippen LogP contribution in [0.1, 0.15) is 26.7 Å². The average Bonchev–Trinajstić information content (AvgIpc) is 2.66. The molecule has 1 N–H and O–H groups in total. The number of anilines is 1. The molecule has 0 aromatic carbocycles. The molecule has 1 fully saturated rings. The first-order chi connectivity index (χ1) is 14.0. The van der Waals surface area contributed by atoms with Crippen LogP contribution in [0.3, 0.4) is 0 Å². The summed E-state index contributed by atoms with van der Waals surface area (Å²) in [5.41, 5.74) is -0.738. The van der Waals surface area contributed by atoms with Crippen molar-refractivity contribution in [1.29, 1.82) is 0 Å². The van der Waals surface area contributed by atoms with Crippen molar-refractivity contribution in [2.75, 3.05) is 24.7 Å². The molecule has 0 aliphatic carbocycles. The van der Waals surface area contributed by atoms with E-state index in [0.717, 1.165) is 12.3 Å². The van der Waals surface area contributed by atoms with Crippen LogP contribution in [0, 0.1) is 17.6 Å². The lowest BCUT2D eigenvalue weighted by Crippen LogP contribution is -2.42. The average molecular weight is 442 g/mol. The normalized spacial score (nSPS) is 16.2. The molecular weight excluding hydrogens is 416 g/mol. The standard InChI is InChI=1S/C19H25F2N5O3S/c1-12(2)10-25-11-13(8-15(20)18(25)27)17-16(21)9-22-19(24-17)23-14-4-6-26(7-5-14)30(3,28)29/h8-9,11-12,14H,4-7,10H2,1-3H3,(H,22,23,24). The molecule has 0 bridgehead atoms. The molecule has 2 aromatic heterocycles. The van der Waals surface area contributed by atoms with Gasteiger partial charge in [0, 0.05) is 37.4 Å². The van der Waals surface area contributed by atoms with Gasteiger partial charge in [-0.15, -0.1) is 0 Å². The molecule has 0 spiro atoms. The van der Waals surface area contributed by atoms with Crippen LogP contribution in [0.2, 0.25) is 0 Å². The predicted octanol–water partition coefficient (Wildman–Crippen LogP) is 2.08. The number of rotatable bonds is 6. The van der Waals surface area contributed by atoms with Gasteiger partial charge in [-0.2, -0.15) is 0 Å². The van der Waals surface area contributed by atoms with Crippen molar-refractivity contribution in [2.24, 2.45) is 5.92 Å². The summed E-state index contributed by atoms with van der Waals surface area (Å²) < 4.78 is 54.4. The van der Waals surface area contributed by atoms with Gasteiger partial charge in [0.1, 0.15) is 5.69 Å². The lowest BCUT2D eigenvalue weighted by atomic mass is 10.1. The highest BCUT2D eigenvalue weighted by atomic mass is 32.2. The van der Waals surface area contributed by atoms with Crippen molar-refractivity contribution in [3.8, 4) is 11.3 Å². The van der Waals surface area contributed by atoms with Crippen molar-refractivity contribution >= 4 is 16.0 Å². The smallest absolute Gasteiger partial charge is 0.286 e. The SMILES string of the molecule is CC(C)Cn1cc(-c2nc(NC3CCN(S(C)(=O)=O)CC3)ncc2F)cc(F)c1=O. The minimum absolute atomic E-state index is 0.0760. The van der Waals surface area contributed by atoms with E-state index in [4.69, 9.17) is 0 Å². The van der Waals surface area contributed by atoms with Crippen molar-refractivity contribution in [3.05, 3.63) is 40.4 Å². The number of hydrogen-bond acceptors (Lipinski definition) is 6. The van der Waals surface area contributed by atoms with Gasteiger partial charge in [0.05, 0.1) is 12.5 Å². The van der Waals surface area contributed by atoms with E-state index < -0.39 is 27.2 Å². The van der Waals surface area contributed by atoms with Gasteiger partial charge in [0.2, 0.25) is 16.0 Å². The summed E-state index contributed by atoms with van der Waals surface area (Å²) in [6, 6.07) is 0.895. The molecule has 11 heteroatoms. The second-order valence-corrected chi connectivity index (χ2v) is 9.88. The molecule has 3 heterocycles. The van der Waals surface area contributed by atoms with Gasteiger partial charge in [0.25, 0.3) is 5.56 Å². The molecule has 0 atom stereocenters. The molecular formula is C19H25F2N5O3S. The summed E-state index contributed by atoms with van der Waals surface area (Å²) in [6.45, 7) is 4.81. The second-order valence-electron chi connectivity index (χ2n) is 7.90. The van der Waals surface area contributed by atoms with Crippen LogP contribution in [0.5, 0.6) is 0 Å². The topological polar surface area (TPSA) is 97.2 Å². The molecule has 0 unspecified atom stereocenters. The van der Waals surface area contributed by atoms with E-state index in [1.54, 1.807) is 0 Å². The minimum atomic E-state index is -3.23. The third-order valence-electron chi connectivity index (χ3n) is 4.88. The van der Waals surface area contributed by atoms with E-state index in [1.165, 1.54) is 21.3 Å². The van der Waals surface area contributed by atoms with Gasteiger partial charge >= 0.3 is 0 Å². The summed E-state index contributed by atoms with van der Waals surface area (Å²) in [7, 11) is -3.23. The van der Waals surface area contributed by atoms with E-state index in [1.807, 2.05) is 13.8 Å². The maximum Gasteiger partial charge on any atom is 0.286 e. The highest BCUT2D eigenvalue weighted by Gasteiger charge is 2.25. The van der Waals surface area contributed by atoms with E-state index in [0.29, 0.717) is 32.5 Å². The number of halogens is 2. The van der Waals surface area contributed by atoms with Gasteiger partial charge < -0.3 is 9.88 Å². The van der Waals surface area contributed by atoms with E-state index in [-0.39, 0.29) is 29.2 Å². The minimum Gasteiger partial charge on any atom is -0.351 e. The zero-order valence-corrected chi connectivity index (χ0v) is 17.9. The first-order valence-electron chi connectivity index (χ1n) is 9.69. The van der Waals surface area contributed by atoms with Crippen molar-refractivity contribution in [3.63, 3.8) is 0 Å². The Kier molecular flexibility index (Phi) is 6.51. The van der Waals surface area contributed by atoms with E-state index in [2.05, 4.69) is 15.3 Å². The Morgan fingerprint density at radius 2 is 1.90 bits per heavy atom. The van der Waals surface area contributed by atoms with E-state index >= 15 is 0 Å². The van der Waals surface area contributed by atoms with Crippen molar-refractivity contribution in [2.45, 2.75) is 39.3 Å². The highest BCUT2D eigenvalue weighted by Crippen LogP contribution is 2.23. The van der Waals surface area contributed by atoms with Gasteiger partial charge in [-0.25, -0.2) is 31.5 Å². The maximum absolute atomic E-state index is 14.4. The summed E-state index contributed by atoms with van der Waals surface area (Å²) in [6.07, 6.45) is 4.67. The molecule has 2 aromatic rings.